The van der Waals surface area contributed by atoms with Crippen molar-refractivity contribution in [2.24, 2.45) is 10.9 Å². The van der Waals surface area contributed by atoms with Crippen LogP contribution in [0.4, 0.5) is 10.1 Å². The number of sulfonamides is 1. The second-order valence-electron chi connectivity index (χ2n) is 6.94. The van der Waals surface area contributed by atoms with Crippen molar-refractivity contribution in [3.8, 4) is 0 Å². The second-order valence-corrected chi connectivity index (χ2v) is 9.31. The Labute approximate surface area is 174 Å². The van der Waals surface area contributed by atoms with Crippen molar-refractivity contribution < 1.29 is 12.8 Å². The van der Waals surface area contributed by atoms with Crippen LogP contribution in [0.5, 0.6) is 0 Å². The van der Waals surface area contributed by atoms with E-state index in [-0.39, 0.29) is 9.92 Å². The van der Waals surface area contributed by atoms with Gasteiger partial charge in [0, 0.05) is 13.0 Å². The van der Waals surface area contributed by atoms with Gasteiger partial charge in [-0.15, -0.1) is 0 Å². The van der Waals surface area contributed by atoms with Crippen molar-refractivity contribution in [3.05, 3.63) is 82.7 Å². The molecule has 0 spiro atoms. The fraction of sp³-hybridized carbons (Fsp3) is 0.136. The van der Waals surface area contributed by atoms with Gasteiger partial charge in [-0.25, -0.2) is 17.8 Å². The number of benzene rings is 2. The van der Waals surface area contributed by atoms with E-state index in [1.54, 1.807) is 24.3 Å². The fourth-order valence-corrected chi connectivity index (χ4v) is 4.40. The normalized spacial score (nSPS) is 18.1. The highest BCUT2D eigenvalue weighted by molar-refractivity contribution is 7.89. The third-order valence-corrected chi connectivity index (χ3v) is 6.97. The predicted octanol–water partition coefficient (Wildman–Crippen LogP) is 5.45. The van der Waals surface area contributed by atoms with Gasteiger partial charge >= 0.3 is 0 Å². The molecule has 0 saturated heterocycles. The fourth-order valence-electron chi connectivity index (χ4n) is 3.08. The van der Waals surface area contributed by atoms with Crippen LogP contribution in [0.3, 0.4) is 0 Å². The Morgan fingerprint density at radius 1 is 1.17 bits per heavy atom. The molecule has 0 atom stereocenters. The minimum Gasteiger partial charge on any atom is -0.259 e. The van der Waals surface area contributed by atoms with Gasteiger partial charge < -0.3 is 0 Å². The van der Waals surface area contributed by atoms with E-state index in [1.165, 1.54) is 19.5 Å². The van der Waals surface area contributed by atoms with Crippen LogP contribution >= 0.6 is 11.6 Å². The number of aliphatic imine (C=N–C) groups is 1. The summed E-state index contributed by atoms with van der Waals surface area (Å²) in [7, 11) is -2.19. The highest BCUT2D eigenvalue weighted by Gasteiger charge is 2.26. The maximum atomic E-state index is 13.6. The first-order valence-corrected chi connectivity index (χ1v) is 10.8. The maximum absolute atomic E-state index is 13.6. The van der Waals surface area contributed by atoms with E-state index in [0.29, 0.717) is 11.6 Å². The average Bonchev–Trinajstić information content (AvgIpc) is 3.52. The first kappa shape index (κ1) is 19.6. The molecule has 7 heteroatoms. The van der Waals surface area contributed by atoms with E-state index >= 15 is 0 Å². The van der Waals surface area contributed by atoms with Gasteiger partial charge in [0.2, 0.25) is 0 Å². The zero-order chi connectivity index (χ0) is 20.8. The Morgan fingerprint density at radius 3 is 2.59 bits per heavy atom. The van der Waals surface area contributed by atoms with E-state index in [2.05, 4.69) is 17.1 Å². The van der Waals surface area contributed by atoms with Gasteiger partial charge in [-0.05, 0) is 53.5 Å². The maximum Gasteiger partial charge on any atom is 0.266 e. The van der Waals surface area contributed by atoms with Crippen LogP contribution < -0.4 is 0 Å². The summed E-state index contributed by atoms with van der Waals surface area (Å²) in [4.78, 5) is 4.35. The van der Waals surface area contributed by atoms with Crippen LogP contribution in [-0.2, 0) is 10.0 Å². The van der Waals surface area contributed by atoms with Crippen molar-refractivity contribution >= 4 is 44.8 Å². The van der Waals surface area contributed by atoms with Crippen molar-refractivity contribution in [1.29, 1.82) is 0 Å². The summed E-state index contributed by atoms with van der Waals surface area (Å²) in [6, 6.07) is 9.72. The summed E-state index contributed by atoms with van der Waals surface area (Å²) in [6.45, 7) is 1.90. The molecular weight excluding hydrogens is 411 g/mol. The highest BCUT2D eigenvalue weighted by atomic mass is 35.5. The molecule has 0 bridgehead atoms. The summed E-state index contributed by atoms with van der Waals surface area (Å²) >= 11 is 5.97. The molecule has 1 aliphatic carbocycles. The first-order valence-electron chi connectivity index (χ1n) is 8.97. The molecule has 0 amide bonds. The highest BCUT2D eigenvalue weighted by Crippen LogP contribution is 2.36. The molecule has 0 radical (unpaired) electrons. The van der Waals surface area contributed by atoms with Gasteiger partial charge in [-0.3, -0.25) is 4.31 Å². The average molecular weight is 429 g/mol. The standard InChI is InChI=1S/C22H18ClFN2O2S/c1-14(16-6-9-20(24)19(23)11-16)18(8-5-15-3-4-15)17-7-10-21-22(12-17)29(27,28)26(2)13-25-21/h3-13,15H,1-2H3/b8-5-,18-14-. The summed E-state index contributed by atoms with van der Waals surface area (Å²) < 4.78 is 40.1. The number of rotatable bonds is 4. The molecule has 2 aromatic carbocycles. The van der Waals surface area contributed by atoms with Crippen molar-refractivity contribution in [3.63, 3.8) is 0 Å². The lowest BCUT2D eigenvalue weighted by atomic mass is 9.94. The van der Waals surface area contributed by atoms with Crippen LogP contribution in [-0.4, -0.2) is 26.1 Å². The summed E-state index contributed by atoms with van der Waals surface area (Å²) in [5, 5.41) is 0.0398. The number of fused-ring (bicyclic) bond motifs is 1. The third-order valence-electron chi connectivity index (χ3n) is 4.94. The topological polar surface area (TPSA) is 49.7 Å². The Hall–Kier alpha value is -2.70. The molecule has 0 fully saturated rings. The molecule has 1 heterocycles. The third kappa shape index (κ3) is 3.78. The smallest absolute Gasteiger partial charge is 0.259 e. The largest absolute Gasteiger partial charge is 0.266 e. The van der Waals surface area contributed by atoms with E-state index in [1.807, 2.05) is 25.1 Å². The first-order chi connectivity index (χ1) is 13.8. The second kappa shape index (κ2) is 7.28. The van der Waals surface area contributed by atoms with E-state index in [9.17, 15) is 12.8 Å². The van der Waals surface area contributed by atoms with Gasteiger partial charge in [0.25, 0.3) is 10.0 Å². The monoisotopic (exact) mass is 428 g/mol. The number of nitrogens with zero attached hydrogens (tertiary/aromatic N) is 2. The molecule has 4 rings (SSSR count). The van der Waals surface area contributed by atoms with Crippen LogP contribution in [0.2, 0.25) is 5.02 Å². The molecule has 4 nitrogen and oxygen atoms in total. The minimum absolute atomic E-state index is 0.0398. The molecule has 1 aliphatic heterocycles. The van der Waals surface area contributed by atoms with Crippen molar-refractivity contribution in [2.45, 2.75) is 11.8 Å². The zero-order valence-electron chi connectivity index (χ0n) is 15.8. The SMILES string of the molecule is C/C(=C(\C=C/C1C=C1)c1ccc2c(c1)S(=O)(=O)N(C)C=N2)c1ccc(F)c(Cl)c1. The van der Waals surface area contributed by atoms with E-state index in [0.717, 1.165) is 26.6 Å². The lowest BCUT2D eigenvalue weighted by molar-refractivity contribution is 0.553. The van der Waals surface area contributed by atoms with E-state index in [4.69, 9.17) is 11.6 Å². The lowest BCUT2D eigenvalue weighted by Crippen LogP contribution is -2.27. The van der Waals surface area contributed by atoms with Crippen LogP contribution in [0.25, 0.3) is 11.1 Å². The van der Waals surface area contributed by atoms with Gasteiger partial charge in [0.15, 0.2) is 0 Å². The van der Waals surface area contributed by atoms with Crippen LogP contribution in [0, 0.1) is 11.7 Å². The van der Waals surface area contributed by atoms with Crippen LogP contribution in [0.15, 0.2) is 70.6 Å². The van der Waals surface area contributed by atoms with Gasteiger partial charge in [0.1, 0.15) is 17.1 Å². The number of hydrogen-bond acceptors (Lipinski definition) is 3. The van der Waals surface area contributed by atoms with Gasteiger partial charge in [0.05, 0.1) is 10.7 Å². The quantitative estimate of drug-likeness (QED) is 0.369. The van der Waals surface area contributed by atoms with Crippen molar-refractivity contribution in [1.82, 2.24) is 4.31 Å². The Balaban J connectivity index is 1.88. The molecule has 0 unspecified atom stereocenters. The number of halogens is 2. The molecule has 0 aromatic heterocycles. The molecule has 148 valence electrons. The van der Waals surface area contributed by atoms with E-state index < -0.39 is 15.8 Å². The predicted molar refractivity (Wildman–Crippen MR) is 115 cm³/mol. The number of allylic oxidation sites excluding steroid dienone is 6. The lowest BCUT2D eigenvalue weighted by Gasteiger charge is -2.21. The Bertz CT molecular complexity index is 1220. The number of hydrogen-bond donors (Lipinski definition) is 0. The molecule has 0 saturated carbocycles. The minimum atomic E-state index is -3.64. The molecule has 0 N–H and O–H groups in total. The molecule has 2 aromatic rings. The van der Waals surface area contributed by atoms with Crippen LogP contribution in [0.1, 0.15) is 18.1 Å². The summed E-state index contributed by atoms with van der Waals surface area (Å²) in [5.74, 6) is -0.185. The summed E-state index contributed by atoms with van der Waals surface area (Å²) in [5.41, 5.74) is 3.58. The van der Waals surface area contributed by atoms with Crippen molar-refractivity contribution in [2.75, 3.05) is 7.05 Å². The molecule has 29 heavy (non-hydrogen) atoms. The van der Waals surface area contributed by atoms with Gasteiger partial charge in [-0.1, -0.05) is 48.0 Å². The Kier molecular flexibility index (Phi) is 4.92. The summed E-state index contributed by atoms with van der Waals surface area (Å²) in [6.07, 6.45) is 9.39. The molecular formula is C22H18ClFN2O2S. The Morgan fingerprint density at radius 2 is 1.90 bits per heavy atom. The zero-order valence-corrected chi connectivity index (χ0v) is 17.4. The van der Waals surface area contributed by atoms with Gasteiger partial charge in [-0.2, -0.15) is 0 Å². The molecule has 2 aliphatic rings.